The van der Waals surface area contributed by atoms with Gasteiger partial charge in [-0.1, -0.05) is 12.2 Å². The van der Waals surface area contributed by atoms with Crippen molar-refractivity contribution in [3.05, 3.63) is 47.5 Å². The molecule has 0 atom stereocenters. The Bertz CT molecular complexity index is 498. The molecule has 0 heterocycles. The molecule has 3 nitrogen and oxygen atoms in total. The third-order valence-corrected chi connectivity index (χ3v) is 3.29. The van der Waals surface area contributed by atoms with E-state index in [1.54, 1.807) is 0 Å². The van der Waals surface area contributed by atoms with E-state index < -0.39 is 11.6 Å². The Morgan fingerprint density at radius 2 is 1.86 bits per heavy atom. The van der Waals surface area contributed by atoms with Crippen LogP contribution in [0.1, 0.15) is 25.3 Å². The van der Waals surface area contributed by atoms with E-state index in [1.807, 2.05) is 6.92 Å². The first-order valence-electron chi connectivity index (χ1n) is 7.32. The van der Waals surface area contributed by atoms with Gasteiger partial charge in [-0.2, -0.15) is 0 Å². The van der Waals surface area contributed by atoms with Crippen LogP contribution in [0.15, 0.2) is 35.3 Å². The van der Waals surface area contributed by atoms with E-state index in [4.69, 9.17) is 0 Å². The normalized spacial score (nSPS) is 15.5. The summed E-state index contributed by atoms with van der Waals surface area (Å²) in [6, 6.07) is 3.96. The van der Waals surface area contributed by atoms with Gasteiger partial charge in [-0.05, 0) is 43.9 Å². The molecule has 0 bridgehead atoms. The average molecular weight is 293 g/mol. The molecule has 2 N–H and O–H groups in total. The fraction of sp³-hybridized carbons (Fsp3) is 0.438. The molecular weight excluding hydrogens is 272 g/mol. The van der Waals surface area contributed by atoms with E-state index in [0.29, 0.717) is 24.6 Å². The Morgan fingerprint density at radius 1 is 1.19 bits per heavy atom. The highest BCUT2D eigenvalue weighted by Crippen LogP contribution is 2.10. The molecule has 1 aliphatic rings. The van der Waals surface area contributed by atoms with Crippen LogP contribution in [-0.4, -0.2) is 25.1 Å². The van der Waals surface area contributed by atoms with E-state index >= 15 is 0 Å². The predicted octanol–water partition coefficient (Wildman–Crippen LogP) is 2.78. The molecule has 0 amide bonds. The van der Waals surface area contributed by atoms with Crippen LogP contribution in [0.2, 0.25) is 0 Å². The van der Waals surface area contributed by atoms with Gasteiger partial charge in [0.2, 0.25) is 0 Å². The fourth-order valence-electron chi connectivity index (χ4n) is 2.30. The highest BCUT2D eigenvalue weighted by atomic mass is 19.1. The van der Waals surface area contributed by atoms with Crippen LogP contribution in [0.25, 0.3) is 0 Å². The lowest BCUT2D eigenvalue weighted by atomic mass is 10.1. The van der Waals surface area contributed by atoms with Crippen LogP contribution in [0.3, 0.4) is 0 Å². The largest absolute Gasteiger partial charge is 0.357 e. The van der Waals surface area contributed by atoms with Crippen LogP contribution in [0.4, 0.5) is 8.78 Å². The summed E-state index contributed by atoms with van der Waals surface area (Å²) in [5.41, 5.74) is 0.620. The average Bonchev–Trinajstić information content (AvgIpc) is 2.90. The van der Waals surface area contributed by atoms with Gasteiger partial charge < -0.3 is 10.6 Å². The number of rotatable bonds is 5. The summed E-state index contributed by atoms with van der Waals surface area (Å²) < 4.78 is 26.2. The van der Waals surface area contributed by atoms with Crippen molar-refractivity contribution >= 4 is 5.96 Å². The molecule has 0 aromatic heterocycles. The van der Waals surface area contributed by atoms with Crippen molar-refractivity contribution in [2.24, 2.45) is 4.99 Å². The number of aliphatic imine (C=N–C) groups is 1. The zero-order valence-corrected chi connectivity index (χ0v) is 12.2. The van der Waals surface area contributed by atoms with Gasteiger partial charge in [-0.15, -0.1) is 0 Å². The molecule has 5 heteroatoms. The summed E-state index contributed by atoms with van der Waals surface area (Å²) in [4.78, 5) is 4.45. The zero-order valence-electron chi connectivity index (χ0n) is 12.2. The van der Waals surface area contributed by atoms with Crippen LogP contribution >= 0.6 is 0 Å². The second-order valence-corrected chi connectivity index (χ2v) is 5.07. The second kappa shape index (κ2) is 7.76. The third kappa shape index (κ3) is 5.17. The van der Waals surface area contributed by atoms with Crippen molar-refractivity contribution in [1.82, 2.24) is 10.6 Å². The number of nitrogens with one attached hydrogen (secondary N) is 2. The minimum absolute atomic E-state index is 0.384. The fourth-order valence-corrected chi connectivity index (χ4v) is 2.30. The number of guanidine groups is 1. The molecule has 0 spiro atoms. The highest BCUT2D eigenvalue weighted by Gasteiger charge is 2.11. The monoisotopic (exact) mass is 293 g/mol. The lowest BCUT2D eigenvalue weighted by Crippen LogP contribution is -2.42. The van der Waals surface area contributed by atoms with Crippen LogP contribution in [0.5, 0.6) is 0 Å². The van der Waals surface area contributed by atoms with Crippen molar-refractivity contribution in [1.29, 1.82) is 0 Å². The first kappa shape index (κ1) is 15.5. The number of benzene rings is 1. The summed E-state index contributed by atoms with van der Waals surface area (Å²) in [5.74, 6) is -0.338. The van der Waals surface area contributed by atoms with Crippen LogP contribution in [0, 0.1) is 11.6 Å². The Hall–Kier alpha value is -1.91. The zero-order chi connectivity index (χ0) is 15.1. The number of hydrogen-bond donors (Lipinski definition) is 2. The molecule has 21 heavy (non-hydrogen) atoms. The topological polar surface area (TPSA) is 36.4 Å². The summed E-state index contributed by atoms with van der Waals surface area (Å²) in [5, 5.41) is 6.54. The SMILES string of the molecule is CCNC(=NCCc1cc(F)cc(F)c1)NC1CC=CC1. The molecule has 114 valence electrons. The molecule has 1 aliphatic carbocycles. The molecule has 0 aliphatic heterocycles. The van der Waals surface area contributed by atoms with Gasteiger partial charge in [0, 0.05) is 25.2 Å². The Labute approximate surface area is 124 Å². The maximum absolute atomic E-state index is 13.1. The van der Waals surface area contributed by atoms with Gasteiger partial charge in [0.25, 0.3) is 0 Å². The summed E-state index contributed by atoms with van der Waals surface area (Å²) in [6.07, 6.45) is 6.81. The number of nitrogens with zero attached hydrogens (tertiary/aromatic N) is 1. The van der Waals surface area contributed by atoms with E-state index in [-0.39, 0.29) is 0 Å². The second-order valence-electron chi connectivity index (χ2n) is 5.07. The number of hydrogen-bond acceptors (Lipinski definition) is 1. The third-order valence-electron chi connectivity index (χ3n) is 3.29. The van der Waals surface area contributed by atoms with Gasteiger partial charge in [0.1, 0.15) is 11.6 Å². The highest BCUT2D eigenvalue weighted by molar-refractivity contribution is 5.80. The van der Waals surface area contributed by atoms with E-state index in [9.17, 15) is 8.78 Å². The molecule has 2 rings (SSSR count). The Morgan fingerprint density at radius 3 is 2.48 bits per heavy atom. The van der Waals surface area contributed by atoms with Crippen LogP contribution in [-0.2, 0) is 6.42 Å². The lowest BCUT2D eigenvalue weighted by Gasteiger charge is -2.16. The minimum Gasteiger partial charge on any atom is -0.357 e. The van der Waals surface area contributed by atoms with Crippen molar-refractivity contribution < 1.29 is 8.78 Å². The first-order chi connectivity index (χ1) is 10.2. The van der Waals surface area contributed by atoms with Crippen molar-refractivity contribution in [3.63, 3.8) is 0 Å². The molecule has 0 fully saturated rings. The van der Waals surface area contributed by atoms with Crippen molar-refractivity contribution in [2.75, 3.05) is 13.1 Å². The molecule has 1 aromatic carbocycles. The van der Waals surface area contributed by atoms with Crippen molar-refractivity contribution in [2.45, 2.75) is 32.2 Å². The minimum atomic E-state index is -0.545. The maximum Gasteiger partial charge on any atom is 0.191 e. The van der Waals surface area contributed by atoms with E-state index in [0.717, 1.165) is 31.4 Å². The predicted molar refractivity (Wildman–Crippen MR) is 81.3 cm³/mol. The standard InChI is InChI=1S/C16H21F2N3/c1-2-19-16(21-15-5-3-4-6-15)20-8-7-12-9-13(17)11-14(18)10-12/h3-4,9-11,15H,2,5-8H2,1H3,(H2,19,20,21). The van der Waals surface area contributed by atoms with E-state index in [2.05, 4.69) is 27.8 Å². The molecule has 0 saturated carbocycles. The van der Waals surface area contributed by atoms with Gasteiger partial charge in [-0.25, -0.2) is 8.78 Å². The molecule has 0 saturated heterocycles. The summed E-state index contributed by atoms with van der Waals surface area (Å²) >= 11 is 0. The van der Waals surface area contributed by atoms with Gasteiger partial charge >= 0.3 is 0 Å². The summed E-state index contributed by atoms with van der Waals surface area (Å²) in [6.45, 7) is 3.27. The smallest absolute Gasteiger partial charge is 0.191 e. The Balaban J connectivity index is 1.89. The van der Waals surface area contributed by atoms with Crippen LogP contribution < -0.4 is 10.6 Å². The molecular formula is C16H21F2N3. The maximum atomic E-state index is 13.1. The number of halogens is 2. The quantitative estimate of drug-likeness (QED) is 0.497. The first-order valence-corrected chi connectivity index (χ1v) is 7.32. The molecule has 0 radical (unpaired) electrons. The van der Waals surface area contributed by atoms with Gasteiger partial charge in [0.05, 0.1) is 0 Å². The lowest BCUT2D eigenvalue weighted by molar-refractivity contribution is 0.579. The molecule has 1 aromatic rings. The van der Waals surface area contributed by atoms with E-state index in [1.165, 1.54) is 12.1 Å². The van der Waals surface area contributed by atoms with Crippen molar-refractivity contribution in [3.8, 4) is 0 Å². The van der Waals surface area contributed by atoms with Gasteiger partial charge in [-0.3, -0.25) is 4.99 Å². The molecule has 0 unspecified atom stereocenters. The Kier molecular flexibility index (Phi) is 5.72. The van der Waals surface area contributed by atoms with Gasteiger partial charge in [0.15, 0.2) is 5.96 Å². The summed E-state index contributed by atoms with van der Waals surface area (Å²) in [7, 11) is 0.